The maximum Gasteiger partial charge on any atom is 0.249 e. The van der Waals surface area contributed by atoms with Gasteiger partial charge in [0, 0.05) is 22.2 Å². The van der Waals surface area contributed by atoms with Gasteiger partial charge in [0.2, 0.25) is 5.91 Å². The molecule has 0 atom stereocenters. The van der Waals surface area contributed by atoms with Gasteiger partial charge >= 0.3 is 0 Å². The van der Waals surface area contributed by atoms with E-state index in [9.17, 15) is 4.79 Å². The smallest absolute Gasteiger partial charge is 0.249 e. The number of nitrogens with one attached hydrogen (secondary N) is 1. The van der Waals surface area contributed by atoms with Crippen LogP contribution in [0.25, 0.3) is 6.08 Å². The lowest BCUT2D eigenvalue weighted by atomic mass is 10.1. The Kier molecular flexibility index (Phi) is 6.49. The van der Waals surface area contributed by atoms with Crippen LogP contribution in [0, 0.1) is 6.92 Å². The van der Waals surface area contributed by atoms with E-state index in [1.165, 1.54) is 6.08 Å². The van der Waals surface area contributed by atoms with Gasteiger partial charge in [0.15, 0.2) is 5.82 Å². The number of hydrogen-bond donors (Lipinski definition) is 1. The van der Waals surface area contributed by atoms with Gasteiger partial charge in [-0.2, -0.15) is 0 Å². The minimum absolute atomic E-state index is 0.295. The molecule has 0 aliphatic carbocycles. The van der Waals surface area contributed by atoms with Crippen LogP contribution in [-0.2, 0) is 11.4 Å². The molecule has 3 aromatic rings. The molecule has 2 aromatic carbocycles. The van der Waals surface area contributed by atoms with Gasteiger partial charge in [0.1, 0.15) is 23.9 Å². The number of aromatic nitrogens is 1. The Balaban J connectivity index is 1.67. The van der Waals surface area contributed by atoms with Crippen LogP contribution in [0.2, 0.25) is 0 Å². The van der Waals surface area contributed by atoms with Crippen molar-refractivity contribution in [3.63, 3.8) is 0 Å². The van der Waals surface area contributed by atoms with Crippen molar-refractivity contribution in [3.8, 4) is 11.5 Å². The molecule has 1 N–H and O–H groups in total. The molecule has 28 heavy (non-hydrogen) atoms. The Morgan fingerprint density at radius 1 is 1.21 bits per heavy atom. The van der Waals surface area contributed by atoms with Crippen LogP contribution in [0.15, 0.2) is 63.6 Å². The Labute approximate surface area is 171 Å². The van der Waals surface area contributed by atoms with Crippen LogP contribution in [0.4, 0.5) is 5.82 Å². The molecule has 0 aliphatic rings. The van der Waals surface area contributed by atoms with E-state index in [0.717, 1.165) is 27.1 Å². The molecule has 7 heteroatoms. The molecule has 0 saturated heterocycles. The first kappa shape index (κ1) is 19.7. The van der Waals surface area contributed by atoms with Gasteiger partial charge < -0.3 is 19.3 Å². The van der Waals surface area contributed by atoms with E-state index in [4.69, 9.17) is 14.0 Å². The second-order valence-electron chi connectivity index (χ2n) is 5.96. The summed E-state index contributed by atoms with van der Waals surface area (Å²) >= 11 is 3.40. The Morgan fingerprint density at radius 3 is 2.68 bits per heavy atom. The topological polar surface area (TPSA) is 73.6 Å². The average molecular weight is 443 g/mol. The third-order valence-electron chi connectivity index (χ3n) is 3.82. The zero-order valence-corrected chi connectivity index (χ0v) is 17.0. The molecule has 1 amide bonds. The molecule has 0 radical (unpaired) electrons. The number of nitrogens with zero attached hydrogens (tertiary/aromatic N) is 1. The largest absolute Gasteiger partial charge is 0.496 e. The first-order valence-corrected chi connectivity index (χ1v) is 9.30. The summed E-state index contributed by atoms with van der Waals surface area (Å²) in [5.74, 6) is 2.19. The van der Waals surface area contributed by atoms with E-state index in [0.29, 0.717) is 18.2 Å². The fourth-order valence-electron chi connectivity index (χ4n) is 2.47. The summed E-state index contributed by atoms with van der Waals surface area (Å²) < 4.78 is 17.1. The van der Waals surface area contributed by atoms with Crippen molar-refractivity contribution >= 4 is 33.7 Å². The highest BCUT2D eigenvalue weighted by atomic mass is 79.9. The number of hydrogen-bond acceptors (Lipinski definition) is 5. The second kappa shape index (κ2) is 9.23. The van der Waals surface area contributed by atoms with E-state index in [1.54, 1.807) is 26.2 Å². The van der Waals surface area contributed by atoms with Crippen molar-refractivity contribution in [2.75, 3.05) is 12.4 Å². The fourth-order valence-corrected chi connectivity index (χ4v) is 2.74. The average Bonchev–Trinajstić information content (AvgIpc) is 3.10. The zero-order chi connectivity index (χ0) is 19.9. The van der Waals surface area contributed by atoms with Crippen LogP contribution in [0.5, 0.6) is 11.5 Å². The summed E-state index contributed by atoms with van der Waals surface area (Å²) in [6.07, 6.45) is 3.15. The number of benzene rings is 2. The minimum atomic E-state index is -0.295. The Morgan fingerprint density at radius 2 is 2.00 bits per heavy atom. The molecule has 0 fully saturated rings. The van der Waals surface area contributed by atoms with Gasteiger partial charge in [-0.25, -0.2) is 0 Å². The third kappa shape index (κ3) is 5.47. The summed E-state index contributed by atoms with van der Waals surface area (Å²) in [5, 5.41) is 6.37. The molecule has 0 saturated carbocycles. The summed E-state index contributed by atoms with van der Waals surface area (Å²) in [4.78, 5) is 12.0. The quantitative estimate of drug-likeness (QED) is 0.521. The van der Waals surface area contributed by atoms with Gasteiger partial charge in [-0.15, -0.1) is 0 Å². The van der Waals surface area contributed by atoms with Gasteiger partial charge in [-0.05, 0) is 55.0 Å². The SMILES string of the molecule is COc1ccc(/C=C\C(=O)Nc2cc(C)on2)cc1COc1ccc(Br)cc1. The Bertz CT molecular complexity index is 980. The van der Waals surface area contributed by atoms with Crippen molar-refractivity contribution in [3.05, 3.63) is 76.0 Å². The predicted molar refractivity (Wildman–Crippen MR) is 110 cm³/mol. The molecule has 6 nitrogen and oxygen atoms in total. The molecular formula is C21H19BrN2O4. The molecule has 0 unspecified atom stereocenters. The van der Waals surface area contributed by atoms with E-state index in [1.807, 2.05) is 42.5 Å². The monoisotopic (exact) mass is 442 g/mol. The van der Waals surface area contributed by atoms with Crippen molar-refractivity contribution < 1.29 is 18.8 Å². The third-order valence-corrected chi connectivity index (χ3v) is 4.35. The van der Waals surface area contributed by atoms with E-state index in [-0.39, 0.29) is 5.91 Å². The number of anilines is 1. The number of carbonyl (C=O) groups excluding carboxylic acids is 1. The van der Waals surface area contributed by atoms with Crippen molar-refractivity contribution in [1.82, 2.24) is 5.16 Å². The first-order valence-electron chi connectivity index (χ1n) is 8.51. The molecule has 144 valence electrons. The standard InChI is InChI=1S/C21H19BrN2O4/c1-14-11-20(24-28-14)23-21(25)10-4-15-3-9-19(26-2)16(12-15)13-27-18-7-5-17(22)6-8-18/h3-12H,13H2,1-2H3,(H,23,24,25)/b10-4-. The number of methoxy groups -OCH3 is 1. The number of ether oxygens (including phenoxy) is 2. The second-order valence-corrected chi connectivity index (χ2v) is 6.87. The molecule has 0 spiro atoms. The summed E-state index contributed by atoms with van der Waals surface area (Å²) in [6, 6.07) is 14.9. The van der Waals surface area contributed by atoms with Crippen LogP contribution >= 0.6 is 15.9 Å². The van der Waals surface area contributed by atoms with Crippen molar-refractivity contribution in [2.24, 2.45) is 0 Å². The molecular weight excluding hydrogens is 424 g/mol. The van der Waals surface area contributed by atoms with Gasteiger partial charge in [-0.1, -0.05) is 27.2 Å². The lowest BCUT2D eigenvalue weighted by molar-refractivity contribution is -0.111. The number of rotatable bonds is 7. The highest BCUT2D eigenvalue weighted by Gasteiger charge is 2.06. The summed E-state index contributed by atoms with van der Waals surface area (Å²) in [7, 11) is 1.61. The lowest BCUT2D eigenvalue weighted by Gasteiger charge is -2.11. The number of carbonyl (C=O) groups is 1. The van der Waals surface area contributed by atoms with E-state index >= 15 is 0 Å². The van der Waals surface area contributed by atoms with Crippen LogP contribution in [0.1, 0.15) is 16.9 Å². The highest BCUT2D eigenvalue weighted by Crippen LogP contribution is 2.24. The summed E-state index contributed by atoms with van der Waals surface area (Å²) in [5.41, 5.74) is 1.72. The fraction of sp³-hybridized carbons (Fsp3) is 0.143. The van der Waals surface area contributed by atoms with Crippen LogP contribution in [0.3, 0.4) is 0 Å². The lowest BCUT2D eigenvalue weighted by Crippen LogP contribution is -2.07. The highest BCUT2D eigenvalue weighted by molar-refractivity contribution is 9.10. The van der Waals surface area contributed by atoms with Crippen molar-refractivity contribution in [2.45, 2.75) is 13.5 Å². The maximum absolute atomic E-state index is 12.0. The number of halogens is 1. The molecule has 3 rings (SSSR count). The normalized spacial score (nSPS) is 10.8. The molecule has 1 heterocycles. The number of aryl methyl sites for hydroxylation is 1. The first-order chi connectivity index (χ1) is 13.5. The molecule has 0 bridgehead atoms. The van der Waals surface area contributed by atoms with Gasteiger partial charge in [0.25, 0.3) is 0 Å². The predicted octanol–water partition coefficient (Wildman–Crippen LogP) is 4.99. The number of amides is 1. The molecule has 1 aromatic heterocycles. The van der Waals surface area contributed by atoms with Crippen LogP contribution < -0.4 is 14.8 Å². The molecule has 0 aliphatic heterocycles. The van der Waals surface area contributed by atoms with Gasteiger partial charge in [-0.3, -0.25) is 4.79 Å². The minimum Gasteiger partial charge on any atom is -0.496 e. The zero-order valence-electron chi connectivity index (χ0n) is 15.4. The maximum atomic E-state index is 12.0. The Hall–Kier alpha value is -3.06. The summed E-state index contributed by atoms with van der Waals surface area (Å²) in [6.45, 7) is 2.10. The van der Waals surface area contributed by atoms with E-state index in [2.05, 4.69) is 26.4 Å². The van der Waals surface area contributed by atoms with Crippen LogP contribution in [-0.4, -0.2) is 18.2 Å². The van der Waals surface area contributed by atoms with Crippen molar-refractivity contribution in [1.29, 1.82) is 0 Å². The van der Waals surface area contributed by atoms with Gasteiger partial charge in [0.05, 0.1) is 7.11 Å². The van der Waals surface area contributed by atoms with E-state index < -0.39 is 0 Å².